The minimum absolute atomic E-state index is 0.0968. The Kier molecular flexibility index (Phi) is 4.70. The highest BCUT2D eigenvalue weighted by Gasteiger charge is 2.08. The molecule has 0 saturated carbocycles. The molecule has 0 aliphatic heterocycles. The molecule has 0 saturated heterocycles. The van der Waals surface area contributed by atoms with Crippen molar-refractivity contribution in [3.8, 4) is 11.4 Å². The molecule has 0 bridgehead atoms. The molecule has 20 heavy (non-hydrogen) atoms. The van der Waals surface area contributed by atoms with Gasteiger partial charge in [0.15, 0.2) is 0 Å². The molecule has 1 aromatic carbocycles. The van der Waals surface area contributed by atoms with Crippen molar-refractivity contribution in [3.63, 3.8) is 0 Å². The lowest BCUT2D eigenvalue weighted by molar-refractivity contribution is 0.217. The number of carbonyl (C=O) groups is 1. The maximum absolute atomic E-state index is 11.3. The summed E-state index contributed by atoms with van der Waals surface area (Å²) < 4.78 is 5.19. The van der Waals surface area contributed by atoms with Crippen LogP contribution in [0.5, 0.6) is 0 Å². The minimum Gasteiger partial charge on any atom is -0.339 e. The topological polar surface area (TPSA) is 71.3 Å². The van der Waals surface area contributed by atoms with E-state index in [9.17, 15) is 4.79 Å². The molecule has 6 nitrogen and oxygen atoms in total. The highest BCUT2D eigenvalue weighted by atomic mass is 16.5. The van der Waals surface area contributed by atoms with Crippen molar-refractivity contribution < 1.29 is 9.32 Å². The Morgan fingerprint density at radius 3 is 2.75 bits per heavy atom. The number of aryl methyl sites for hydroxylation is 1. The summed E-state index contributed by atoms with van der Waals surface area (Å²) in [6.45, 7) is 0.583. The van der Waals surface area contributed by atoms with Crippen molar-refractivity contribution in [2.75, 3.05) is 20.6 Å². The normalized spacial score (nSPS) is 10.3. The van der Waals surface area contributed by atoms with Crippen molar-refractivity contribution in [1.82, 2.24) is 20.4 Å². The van der Waals surface area contributed by atoms with Gasteiger partial charge >= 0.3 is 6.03 Å². The zero-order valence-corrected chi connectivity index (χ0v) is 11.7. The van der Waals surface area contributed by atoms with Gasteiger partial charge in [-0.15, -0.1) is 0 Å². The van der Waals surface area contributed by atoms with Crippen LogP contribution in [0, 0.1) is 0 Å². The predicted octanol–water partition coefficient (Wildman–Crippen LogP) is 1.94. The van der Waals surface area contributed by atoms with Gasteiger partial charge in [-0.05, 0) is 6.42 Å². The van der Waals surface area contributed by atoms with E-state index in [4.69, 9.17) is 4.52 Å². The predicted molar refractivity (Wildman–Crippen MR) is 75.1 cm³/mol. The first kappa shape index (κ1) is 14.0. The van der Waals surface area contributed by atoms with Gasteiger partial charge in [0.25, 0.3) is 0 Å². The summed E-state index contributed by atoms with van der Waals surface area (Å²) in [6.07, 6.45) is 1.41. The molecule has 106 valence electrons. The van der Waals surface area contributed by atoms with E-state index in [2.05, 4.69) is 15.5 Å². The number of nitrogens with zero attached hydrogens (tertiary/aromatic N) is 3. The molecule has 1 N–H and O–H groups in total. The molecule has 0 aliphatic carbocycles. The first-order valence-corrected chi connectivity index (χ1v) is 6.50. The SMILES string of the molecule is CN(C)C(=O)NCCCc1nc(-c2ccccc2)no1. The fourth-order valence-electron chi connectivity index (χ4n) is 1.65. The zero-order valence-electron chi connectivity index (χ0n) is 11.7. The summed E-state index contributed by atoms with van der Waals surface area (Å²) in [5, 5.41) is 6.73. The van der Waals surface area contributed by atoms with Crippen LogP contribution in [0.25, 0.3) is 11.4 Å². The van der Waals surface area contributed by atoms with Crippen molar-refractivity contribution in [2.24, 2.45) is 0 Å². The van der Waals surface area contributed by atoms with Crippen LogP contribution in [0.15, 0.2) is 34.9 Å². The summed E-state index contributed by atoms with van der Waals surface area (Å²) >= 11 is 0. The van der Waals surface area contributed by atoms with Crippen LogP contribution in [0.3, 0.4) is 0 Å². The van der Waals surface area contributed by atoms with Crippen LogP contribution < -0.4 is 5.32 Å². The maximum atomic E-state index is 11.3. The Morgan fingerprint density at radius 1 is 1.30 bits per heavy atom. The highest BCUT2D eigenvalue weighted by Crippen LogP contribution is 2.15. The first-order valence-electron chi connectivity index (χ1n) is 6.50. The Hall–Kier alpha value is -2.37. The third-order valence-corrected chi connectivity index (χ3v) is 2.75. The monoisotopic (exact) mass is 274 g/mol. The summed E-state index contributed by atoms with van der Waals surface area (Å²) in [7, 11) is 3.42. The summed E-state index contributed by atoms with van der Waals surface area (Å²) in [5.74, 6) is 1.18. The third-order valence-electron chi connectivity index (χ3n) is 2.75. The Bertz CT molecular complexity index is 551. The largest absolute Gasteiger partial charge is 0.339 e. The molecule has 2 aromatic rings. The van der Waals surface area contributed by atoms with Crippen molar-refractivity contribution in [2.45, 2.75) is 12.8 Å². The number of nitrogens with one attached hydrogen (secondary N) is 1. The summed E-state index contributed by atoms with van der Waals surface area (Å²) in [6, 6.07) is 9.58. The second-order valence-corrected chi connectivity index (χ2v) is 4.61. The molecule has 1 aromatic heterocycles. The van der Waals surface area contributed by atoms with E-state index in [1.807, 2.05) is 30.3 Å². The Balaban J connectivity index is 1.81. The fraction of sp³-hybridized carbons (Fsp3) is 0.357. The first-order chi connectivity index (χ1) is 9.66. The number of urea groups is 1. The van der Waals surface area contributed by atoms with Crippen LogP contribution in [-0.2, 0) is 6.42 Å². The molecular weight excluding hydrogens is 256 g/mol. The highest BCUT2D eigenvalue weighted by molar-refractivity contribution is 5.73. The molecule has 6 heteroatoms. The number of aromatic nitrogens is 2. The molecule has 0 fully saturated rings. The van der Waals surface area contributed by atoms with Gasteiger partial charge in [-0.25, -0.2) is 4.79 Å². The second kappa shape index (κ2) is 6.70. The average Bonchev–Trinajstić information content (AvgIpc) is 2.93. The number of benzene rings is 1. The molecule has 2 rings (SSSR count). The zero-order chi connectivity index (χ0) is 14.4. The summed E-state index contributed by atoms with van der Waals surface area (Å²) in [4.78, 5) is 17.1. The fourth-order valence-corrected chi connectivity index (χ4v) is 1.65. The van der Waals surface area contributed by atoms with E-state index in [0.29, 0.717) is 24.7 Å². The molecular formula is C14H18N4O2. The number of hydrogen-bond acceptors (Lipinski definition) is 4. The number of hydrogen-bond donors (Lipinski definition) is 1. The van der Waals surface area contributed by atoms with Crippen LogP contribution in [-0.4, -0.2) is 41.7 Å². The van der Waals surface area contributed by atoms with E-state index in [1.165, 1.54) is 4.90 Å². The van der Waals surface area contributed by atoms with Gasteiger partial charge in [0, 0.05) is 32.6 Å². The van der Waals surface area contributed by atoms with E-state index in [0.717, 1.165) is 12.0 Å². The lowest BCUT2D eigenvalue weighted by atomic mass is 10.2. The van der Waals surface area contributed by atoms with Crippen molar-refractivity contribution in [3.05, 3.63) is 36.2 Å². The Labute approximate surface area is 117 Å². The number of amides is 2. The third kappa shape index (κ3) is 3.81. The molecule has 0 spiro atoms. The lowest BCUT2D eigenvalue weighted by Crippen LogP contribution is -2.35. The van der Waals surface area contributed by atoms with Gasteiger partial charge in [0.2, 0.25) is 11.7 Å². The molecule has 0 aliphatic rings. The summed E-state index contributed by atoms with van der Waals surface area (Å²) in [5.41, 5.74) is 0.934. The average molecular weight is 274 g/mol. The van der Waals surface area contributed by atoms with Gasteiger partial charge in [-0.2, -0.15) is 4.98 Å². The van der Waals surface area contributed by atoms with E-state index in [-0.39, 0.29) is 6.03 Å². The van der Waals surface area contributed by atoms with E-state index >= 15 is 0 Å². The van der Waals surface area contributed by atoms with Gasteiger partial charge in [-0.1, -0.05) is 35.5 Å². The Morgan fingerprint density at radius 2 is 2.05 bits per heavy atom. The quantitative estimate of drug-likeness (QED) is 0.846. The molecule has 0 unspecified atom stereocenters. The van der Waals surface area contributed by atoms with Gasteiger partial charge < -0.3 is 14.7 Å². The number of rotatable bonds is 5. The van der Waals surface area contributed by atoms with E-state index in [1.54, 1.807) is 14.1 Å². The van der Waals surface area contributed by atoms with Crippen LogP contribution >= 0.6 is 0 Å². The maximum Gasteiger partial charge on any atom is 0.316 e. The minimum atomic E-state index is -0.0968. The second-order valence-electron chi connectivity index (χ2n) is 4.61. The van der Waals surface area contributed by atoms with Crippen LogP contribution in [0.2, 0.25) is 0 Å². The molecule has 0 radical (unpaired) electrons. The smallest absolute Gasteiger partial charge is 0.316 e. The van der Waals surface area contributed by atoms with Crippen LogP contribution in [0.4, 0.5) is 4.79 Å². The van der Waals surface area contributed by atoms with Gasteiger partial charge in [-0.3, -0.25) is 0 Å². The van der Waals surface area contributed by atoms with Crippen LogP contribution in [0.1, 0.15) is 12.3 Å². The van der Waals surface area contributed by atoms with Gasteiger partial charge in [0.05, 0.1) is 0 Å². The van der Waals surface area contributed by atoms with Crippen molar-refractivity contribution in [1.29, 1.82) is 0 Å². The molecule has 1 heterocycles. The van der Waals surface area contributed by atoms with Gasteiger partial charge in [0.1, 0.15) is 0 Å². The number of carbonyl (C=O) groups excluding carboxylic acids is 1. The lowest BCUT2D eigenvalue weighted by Gasteiger charge is -2.10. The molecule has 0 atom stereocenters. The van der Waals surface area contributed by atoms with Crippen molar-refractivity contribution >= 4 is 6.03 Å². The molecule has 2 amide bonds. The standard InChI is InChI=1S/C14H18N4O2/c1-18(2)14(19)15-10-6-9-12-16-13(17-20-12)11-7-4-3-5-8-11/h3-5,7-8H,6,9-10H2,1-2H3,(H,15,19). The van der Waals surface area contributed by atoms with E-state index < -0.39 is 0 Å².